The monoisotopic (exact) mass is 361 g/mol. The number of nitrogens with one attached hydrogen (secondary N) is 1. The fourth-order valence-electron chi connectivity index (χ4n) is 3.57. The molecule has 0 bridgehead atoms. The molecule has 1 fully saturated rings. The van der Waals surface area contributed by atoms with Crippen molar-refractivity contribution in [3.63, 3.8) is 0 Å². The molecule has 2 aromatic carbocycles. The van der Waals surface area contributed by atoms with Gasteiger partial charge in [-0.3, -0.25) is 4.79 Å². The molecule has 27 heavy (non-hydrogen) atoms. The van der Waals surface area contributed by atoms with E-state index in [0.717, 1.165) is 11.3 Å². The zero-order valence-electron chi connectivity index (χ0n) is 16.8. The molecule has 3 rings (SSSR count). The van der Waals surface area contributed by atoms with E-state index >= 15 is 0 Å². The van der Waals surface area contributed by atoms with E-state index in [1.807, 2.05) is 36.4 Å². The second-order valence-corrected chi connectivity index (χ2v) is 8.73. The summed E-state index contributed by atoms with van der Waals surface area (Å²) < 4.78 is 0. The van der Waals surface area contributed by atoms with Crippen LogP contribution in [-0.2, 0) is 0 Å². The van der Waals surface area contributed by atoms with Crippen LogP contribution in [0.2, 0.25) is 0 Å². The summed E-state index contributed by atoms with van der Waals surface area (Å²) in [6, 6.07) is 16.2. The van der Waals surface area contributed by atoms with Crippen LogP contribution in [-0.4, -0.2) is 5.91 Å². The first-order valence-corrected chi connectivity index (χ1v) is 10.1. The van der Waals surface area contributed by atoms with Gasteiger partial charge in [0.25, 0.3) is 5.91 Å². The van der Waals surface area contributed by atoms with Crippen molar-refractivity contribution in [3.8, 4) is 0 Å². The van der Waals surface area contributed by atoms with Gasteiger partial charge in [0, 0.05) is 11.3 Å². The Kier molecular flexibility index (Phi) is 6.15. The molecular formula is C25H31NO. The van der Waals surface area contributed by atoms with Gasteiger partial charge >= 0.3 is 0 Å². The first-order chi connectivity index (χ1) is 12.9. The minimum atomic E-state index is -0.0632. The summed E-state index contributed by atoms with van der Waals surface area (Å²) in [7, 11) is 0. The van der Waals surface area contributed by atoms with E-state index in [9.17, 15) is 4.79 Å². The van der Waals surface area contributed by atoms with Gasteiger partial charge in [-0.25, -0.2) is 0 Å². The van der Waals surface area contributed by atoms with Gasteiger partial charge in [-0.2, -0.15) is 0 Å². The number of carbonyl (C=O) groups is 1. The fourth-order valence-corrected chi connectivity index (χ4v) is 3.57. The van der Waals surface area contributed by atoms with Gasteiger partial charge in [0.1, 0.15) is 0 Å². The molecule has 1 aliphatic rings. The highest BCUT2D eigenvalue weighted by molar-refractivity contribution is 6.04. The van der Waals surface area contributed by atoms with E-state index in [1.54, 1.807) is 0 Å². The topological polar surface area (TPSA) is 29.1 Å². The molecule has 0 spiro atoms. The number of allylic oxidation sites excluding steroid dienone is 1. The Labute approximate surface area is 163 Å². The maximum absolute atomic E-state index is 12.5. The molecule has 1 saturated carbocycles. The SMILES string of the molecule is CC(C)(C)/C=C/c1ccc(C(=O)Nc2ccc(C3CCCCC3)cc2)cc1. The Bertz CT molecular complexity index is 773. The molecule has 2 nitrogen and oxygen atoms in total. The van der Waals surface area contributed by atoms with Crippen molar-refractivity contribution in [2.45, 2.75) is 58.8 Å². The first kappa shape index (κ1) is 19.4. The highest BCUT2D eigenvalue weighted by atomic mass is 16.1. The lowest BCUT2D eigenvalue weighted by molar-refractivity contribution is 0.102. The molecule has 1 amide bonds. The van der Waals surface area contributed by atoms with Crippen LogP contribution < -0.4 is 5.32 Å². The molecule has 1 N–H and O–H groups in total. The molecule has 0 aliphatic heterocycles. The molecule has 0 atom stereocenters. The van der Waals surface area contributed by atoms with Crippen molar-refractivity contribution in [1.82, 2.24) is 0 Å². The third kappa shape index (κ3) is 5.82. The standard InChI is InChI=1S/C25H31NO/c1-25(2,3)18-17-19-9-11-22(12-10-19)24(27)26-23-15-13-21(14-16-23)20-7-5-4-6-8-20/h9-18,20H,4-8H2,1-3H3,(H,26,27)/b18-17+. The van der Waals surface area contributed by atoms with Crippen LogP contribution in [0.5, 0.6) is 0 Å². The van der Waals surface area contributed by atoms with Crippen molar-refractivity contribution >= 4 is 17.7 Å². The van der Waals surface area contributed by atoms with Crippen LogP contribution in [0.1, 0.15) is 80.3 Å². The van der Waals surface area contributed by atoms with E-state index < -0.39 is 0 Å². The molecular weight excluding hydrogens is 330 g/mol. The third-order valence-corrected chi connectivity index (χ3v) is 5.19. The highest BCUT2D eigenvalue weighted by Gasteiger charge is 2.15. The summed E-state index contributed by atoms with van der Waals surface area (Å²) in [6.07, 6.45) is 10.9. The van der Waals surface area contributed by atoms with Gasteiger partial charge in [-0.15, -0.1) is 0 Å². The van der Waals surface area contributed by atoms with Crippen LogP contribution in [0.3, 0.4) is 0 Å². The molecule has 142 valence electrons. The van der Waals surface area contributed by atoms with Gasteiger partial charge in [-0.1, -0.05) is 76.5 Å². The van der Waals surface area contributed by atoms with E-state index in [4.69, 9.17) is 0 Å². The molecule has 0 saturated heterocycles. The van der Waals surface area contributed by atoms with Crippen LogP contribution in [0.15, 0.2) is 54.6 Å². The average Bonchev–Trinajstić information content (AvgIpc) is 2.67. The summed E-state index contributed by atoms with van der Waals surface area (Å²) in [4.78, 5) is 12.5. The lowest BCUT2D eigenvalue weighted by Gasteiger charge is -2.22. The number of benzene rings is 2. The van der Waals surface area contributed by atoms with Gasteiger partial charge in [-0.05, 0) is 59.6 Å². The first-order valence-electron chi connectivity index (χ1n) is 10.1. The van der Waals surface area contributed by atoms with E-state index in [2.05, 4.69) is 50.4 Å². The summed E-state index contributed by atoms with van der Waals surface area (Å²) in [5, 5.41) is 3.01. The Balaban J connectivity index is 1.60. The van der Waals surface area contributed by atoms with E-state index in [1.165, 1.54) is 37.7 Å². The Hall–Kier alpha value is -2.35. The summed E-state index contributed by atoms with van der Waals surface area (Å²) >= 11 is 0. The van der Waals surface area contributed by atoms with Crippen molar-refractivity contribution in [1.29, 1.82) is 0 Å². The third-order valence-electron chi connectivity index (χ3n) is 5.19. The quantitative estimate of drug-likeness (QED) is 0.621. The van der Waals surface area contributed by atoms with Gasteiger partial charge in [0.05, 0.1) is 0 Å². The van der Waals surface area contributed by atoms with Gasteiger partial charge in [0.15, 0.2) is 0 Å². The number of rotatable bonds is 4. The van der Waals surface area contributed by atoms with E-state index in [0.29, 0.717) is 11.5 Å². The zero-order valence-corrected chi connectivity index (χ0v) is 16.8. The Morgan fingerprint density at radius 2 is 1.56 bits per heavy atom. The minimum absolute atomic E-state index is 0.0632. The lowest BCUT2D eigenvalue weighted by Crippen LogP contribution is -2.12. The summed E-state index contributed by atoms with van der Waals surface area (Å²) in [5.41, 5.74) is 4.20. The number of carbonyl (C=O) groups excluding carboxylic acids is 1. The molecule has 2 aromatic rings. The Morgan fingerprint density at radius 3 is 2.15 bits per heavy atom. The lowest BCUT2D eigenvalue weighted by atomic mass is 9.84. The van der Waals surface area contributed by atoms with E-state index in [-0.39, 0.29) is 11.3 Å². The highest BCUT2D eigenvalue weighted by Crippen LogP contribution is 2.33. The second-order valence-electron chi connectivity index (χ2n) is 8.73. The van der Waals surface area contributed by atoms with Gasteiger partial charge in [0.2, 0.25) is 0 Å². The Morgan fingerprint density at radius 1 is 0.926 bits per heavy atom. The summed E-state index contributed by atoms with van der Waals surface area (Å²) in [6.45, 7) is 6.51. The van der Waals surface area contributed by atoms with Crippen molar-refractivity contribution in [2.24, 2.45) is 5.41 Å². The normalized spacial score (nSPS) is 15.8. The smallest absolute Gasteiger partial charge is 0.255 e. The average molecular weight is 362 g/mol. The predicted molar refractivity (Wildman–Crippen MR) is 115 cm³/mol. The second kappa shape index (κ2) is 8.56. The number of anilines is 1. The van der Waals surface area contributed by atoms with Crippen LogP contribution in [0, 0.1) is 5.41 Å². The predicted octanol–water partition coefficient (Wildman–Crippen LogP) is 7.05. The van der Waals surface area contributed by atoms with Crippen molar-refractivity contribution < 1.29 is 4.79 Å². The number of hydrogen-bond donors (Lipinski definition) is 1. The molecule has 0 radical (unpaired) electrons. The van der Waals surface area contributed by atoms with Crippen LogP contribution >= 0.6 is 0 Å². The largest absolute Gasteiger partial charge is 0.322 e. The van der Waals surface area contributed by atoms with Crippen LogP contribution in [0.25, 0.3) is 6.08 Å². The minimum Gasteiger partial charge on any atom is -0.322 e. The molecule has 0 unspecified atom stereocenters. The van der Waals surface area contributed by atoms with Gasteiger partial charge < -0.3 is 5.32 Å². The maximum atomic E-state index is 12.5. The molecule has 2 heteroatoms. The van der Waals surface area contributed by atoms with Crippen molar-refractivity contribution in [3.05, 3.63) is 71.3 Å². The fraction of sp³-hybridized carbons (Fsp3) is 0.400. The number of hydrogen-bond acceptors (Lipinski definition) is 1. The van der Waals surface area contributed by atoms with Crippen LogP contribution in [0.4, 0.5) is 5.69 Å². The number of amides is 1. The molecule has 1 aliphatic carbocycles. The maximum Gasteiger partial charge on any atom is 0.255 e. The summed E-state index contributed by atoms with van der Waals surface area (Å²) in [5.74, 6) is 0.629. The zero-order chi connectivity index (χ0) is 19.3. The molecule has 0 aromatic heterocycles. The molecule has 0 heterocycles. The van der Waals surface area contributed by atoms with Crippen molar-refractivity contribution in [2.75, 3.05) is 5.32 Å².